The van der Waals surface area contributed by atoms with Crippen molar-refractivity contribution in [3.05, 3.63) is 11.8 Å². The Morgan fingerprint density at radius 1 is 1.50 bits per heavy atom. The summed E-state index contributed by atoms with van der Waals surface area (Å²) in [7, 11) is 0. The molecule has 0 spiro atoms. The molecule has 1 unspecified atom stereocenters. The van der Waals surface area contributed by atoms with E-state index >= 15 is 0 Å². The Morgan fingerprint density at radius 2 is 2.25 bits per heavy atom. The molecule has 1 aromatic rings. The fraction of sp³-hybridized carbons (Fsp3) is 0.600. The van der Waals surface area contributed by atoms with Crippen LogP contribution in [0, 0.1) is 0 Å². The second-order valence-corrected chi connectivity index (χ2v) is 4.20. The number of anilines is 2. The molecule has 20 heavy (non-hydrogen) atoms. The molecule has 10 heteroatoms. The van der Waals surface area contributed by atoms with E-state index in [4.69, 9.17) is 15.7 Å². The number of hydrogen-bond donors (Lipinski definition) is 3. The van der Waals surface area contributed by atoms with Gasteiger partial charge in [0, 0.05) is 19.2 Å². The van der Waals surface area contributed by atoms with Gasteiger partial charge in [0.25, 0.3) is 0 Å². The molecule has 112 valence electrons. The largest absolute Gasteiger partial charge is 0.433 e. The zero-order chi connectivity index (χ0) is 14.8. The number of hydrazine groups is 1. The first kappa shape index (κ1) is 14.8. The van der Waals surface area contributed by atoms with Gasteiger partial charge >= 0.3 is 6.18 Å². The molecule has 4 N–H and O–H groups in total. The third kappa shape index (κ3) is 3.26. The maximum Gasteiger partial charge on any atom is 0.433 e. The van der Waals surface area contributed by atoms with E-state index in [1.807, 2.05) is 5.43 Å². The molecule has 1 atom stereocenters. The highest BCUT2D eigenvalue weighted by molar-refractivity contribution is 5.45. The van der Waals surface area contributed by atoms with Crippen LogP contribution in [0.4, 0.5) is 24.9 Å². The SMILES string of the molecule is NNc1nc(N2CCOC(CO)C2)cc(C(F)(F)F)n1. The molecule has 0 amide bonds. The van der Waals surface area contributed by atoms with Crippen LogP contribution in [0.1, 0.15) is 5.69 Å². The molecule has 0 saturated carbocycles. The monoisotopic (exact) mass is 293 g/mol. The maximum absolute atomic E-state index is 12.8. The highest BCUT2D eigenvalue weighted by Gasteiger charge is 2.34. The number of nitrogens with two attached hydrogens (primary N) is 1. The normalized spacial score (nSPS) is 20.1. The Bertz CT molecular complexity index is 471. The minimum absolute atomic E-state index is 0.0852. The number of hydrogen-bond acceptors (Lipinski definition) is 7. The maximum atomic E-state index is 12.8. The van der Waals surface area contributed by atoms with Gasteiger partial charge in [0.05, 0.1) is 19.3 Å². The number of aliphatic hydroxyl groups excluding tert-OH is 1. The van der Waals surface area contributed by atoms with E-state index in [1.165, 1.54) is 0 Å². The van der Waals surface area contributed by atoms with Gasteiger partial charge in [-0.1, -0.05) is 0 Å². The zero-order valence-electron chi connectivity index (χ0n) is 10.4. The fourth-order valence-corrected chi connectivity index (χ4v) is 1.84. The molecule has 2 heterocycles. The van der Waals surface area contributed by atoms with Gasteiger partial charge in [0.1, 0.15) is 5.82 Å². The summed E-state index contributed by atoms with van der Waals surface area (Å²) < 4.78 is 43.5. The second kappa shape index (κ2) is 5.77. The standard InChI is InChI=1S/C10H14F3N5O2/c11-10(12,13)7-3-8(16-9(15-7)17-14)18-1-2-20-6(4-18)5-19/h3,6,19H,1-2,4-5,14H2,(H,15,16,17). The van der Waals surface area contributed by atoms with Crippen molar-refractivity contribution in [3.8, 4) is 0 Å². The molecular weight excluding hydrogens is 279 g/mol. The molecule has 0 radical (unpaired) electrons. The number of ether oxygens (including phenoxy) is 1. The summed E-state index contributed by atoms with van der Waals surface area (Å²) in [6.07, 6.45) is -5.05. The lowest BCUT2D eigenvalue weighted by molar-refractivity contribution is -0.141. The van der Waals surface area contributed by atoms with Crippen molar-refractivity contribution in [2.75, 3.05) is 36.6 Å². The van der Waals surface area contributed by atoms with Gasteiger partial charge in [-0.3, -0.25) is 5.43 Å². The van der Waals surface area contributed by atoms with Crippen LogP contribution in [-0.4, -0.2) is 47.5 Å². The number of aromatic nitrogens is 2. The van der Waals surface area contributed by atoms with Gasteiger partial charge in [-0.15, -0.1) is 0 Å². The molecule has 0 aromatic carbocycles. The lowest BCUT2D eigenvalue weighted by Gasteiger charge is -2.33. The number of rotatable bonds is 3. The van der Waals surface area contributed by atoms with E-state index in [2.05, 4.69) is 9.97 Å². The minimum Gasteiger partial charge on any atom is -0.394 e. The average molecular weight is 293 g/mol. The molecule has 1 saturated heterocycles. The van der Waals surface area contributed by atoms with E-state index in [0.717, 1.165) is 6.07 Å². The van der Waals surface area contributed by atoms with Crippen molar-refractivity contribution in [2.24, 2.45) is 5.84 Å². The summed E-state index contributed by atoms with van der Waals surface area (Å²) in [6.45, 7) is 0.696. The molecule has 1 fully saturated rings. The van der Waals surface area contributed by atoms with Crippen LogP contribution in [0.15, 0.2) is 6.07 Å². The van der Waals surface area contributed by atoms with Gasteiger partial charge in [-0.05, 0) is 0 Å². The van der Waals surface area contributed by atoms with Crippen molar-refractivity contribution in [3.63, 3.8) is 0 Å². The number of morpholine rings is 1. The highest BCUT2D eigenvalue weighted by atomic mass is 19.4. The number of nitrogen functional groups attached to an aromatic ring is 1. The van der Waals surface area contributed by atoms with Gasteiger partial charge < -0.3 is 14.7 Å². The Hall–Kier alpha value is -1.65. The number of nitrogens with zero attached hydrogens (tertiary/aromatic N) is 3. The van der Waals surface area contributed by atoms with E-state index in [9.17, 15) is 13.2 Å². The topological polar surface area (TPSA) is 96.5 Å². The average Bonchev–Trinajstić information content (AvgIpc) is 2.46. The van der Waals surface area contributed by atoms with E-state index < -0.39 is 18.0 Å². The summed E-state index contributed by atoms with van der Waals surface area (Å²) in [5.74, 6) is 4.86. The van der Waals surface area contributed by atoms with E-state index in [1.54, 1.807) is 4.90 Å². The van der Waals surface area contributed by atoms with Crippen LogP contribution in [0.25, 0.3) is 0 Å². The van der Waals surface area contributed by atoms with Crippen LogP contribution < -0.4 is 16.2 Å². The van der Waals surface area contributed by atoms with Gasteiger partial charge in [0.15, 0.2) is 5.69 Å². The first-order valence-electron chi connectivity index (χ1n) is 5.84. The minimum atomic E-state index is -4.59. The Balaban J connectivity index is 2.30. The molecular formula is C10H14F3N5O2. The highest BCUT2D eigenvalue weighted by Crippen LogP contribution is 2.30. The molecule has 7 nitrogen and oxygen atoms in total. The van der Waals surface area contributed by atoms with Crippen LogP contribution in [0.2, 0.25) is 0 Å². The lowest BCUT2D eigenvalue weighted by atomic mass is 10.2. The predicted molar refractivity (Wildman–Crippen MR) is 63.9 cm³/mol. The summed E-state index contributed by atoms with van der Waals surface area (Å²) in [4.78, 5) is 8.76. The van der Waals surface area contributed by atoms with Crippen molar-refractivity contribution < 1.29 is 23.0 Å². The first-order valence-corrected chi connectivity index (χ1v) is 5.84. The molecule has 1 aromatic heterocycles. The Morgan fingerprint density at radius 3 is 2.85 bits per heavy atom. The Kier molecular flexibility index (Phi) is 4.26. The lowest BCUT2D eigenvalue weighted by Crippen LogP contribution is -2.44. The molecule has 2 rings (SSSR count). The van der Waals surface area contributed by atoms with Crippen molar-refractivity contribution >= 4 is 11.8 Å². The molecule has 0 bridgehead atoms. The summed E-state index contributed by atoms with van der Waals surface area (Å²) >= 11 is 0. The van der Waals surface area contributed by atoms with Crippen LogP contribution >= 0.6 is 0 Å². The van der Waals surface area contributed by atoms with Crippen molar-refractivity contribution in [1.82, 2.24) is 9.97 Å². The summed E-state index contributed by atoms with van der Waals surface area (Å²) in [5, 5.41) is 9.04. The van der Waals surface area contributed by atoms with Crippen molar-refractivity contribution in [1.29, 1.82) is 0 Å². The van der Waals surface area contributed by atoms with Gasteiger partial charge in [-0.25, -0.2) is 10.8 Å². The van der Waals surface area contributed by atoms with Gasteiger partial charge in [0.2, 0.25) is 5.95 Å². The van der Waals surface area contributed by atoms with Crippen LogP contribution in [0.5, 0.6) is 0 Å². The van der Waals surface area contributed by atoms with Gasteiger partial charge in [-0.2, -0.15) is 18.2 Å². The quantitative estimate of drug-likeness (QED) is 0.532. The predicted octanol–water partition coefficient (Wildman–Crippen LogP) is -0.0215. The number of halogens is 3. The Labute approximate surface area is 112 Å². The smallest absolute Gasteiger partial charge is 0.394 e. The third-order valence-corrected chi connectivity index (χ3v) is 2.80. The van der Waals surface area contributed by atoms with Crippen molar-refractivity contribution in [2.45, 2.75) is 12.3 Å². The number of alkyl halides is 3. The van der Waals surface area contributed by atoms with E-state index in [0.29, 0.717) is 13.2 Å². The molecule has 1 aliphatic rings. The molecule has 1 aliphatic heterocycles. The summed E-state index contributed by atoms with van der Waals surface area (Å²) in [5.41, 5.74) is 0.934. The molecule has 0 aliphatic carbocycles. The first-order chi connectivity index (χ1) is 9.44. The van der Waals surface area contributed by atoms with Crippen LogP contribution in [0.3, 0.4) is 0 Å². The second-order valence-electron chi connectivity index (χ2n) is 4.20. The third-order valence-electron chi connectivity index (χ3n) is 2.80. The summed E-state index contributed by atoms with van der Waals surface area (Å²) in [6, 6.07) is 0.848. The number of nitrogens with one attached hydrogen (secondary N) is 1. The fourth-order valence-electron chi connectivity index (χ4n) is 1.84. The van der Waals surface area contributed by atoms with Crippen LogP contribution in [-0.2, 0) is 10.9 Å². The zero-order valence-corrected chi connectivity index (χ0v) is 10.4. The number of aliphatic hydroxyl groups is 1. The van der Waals surface area contributed by atoms with E-state index in [-0.39, 0.29) is 24.9 Å².